The number of anilines is 1. The Bertz CT molecular complexity index is 638. The Morgan fingerprint density at radius 2 is 1.62 bits per heavy atom. The van der Waals surface area contributed by atoms with Gasteiger partial charge in [0.15, 0.2) is 0 Å². The zero-order chi connectivity index (χ0) is 15.2. The third-order valence-corrected chi connectivity index (χ3v) is 6.67. The van der Waals surface area contributed by atoms with E-state index in [2.05, 4.69) is 52.5 Å². The largest absolute Gasteiger partial charge is 0.370 e. The minimum Gasteiger partial charge on any atom is -0.370 e. The topological polar surface area (TPSA) is 3.24 Å². The SMILES string of the molecule is Cc1cc2c3c4c1C(C)(C)CCN4CC3(C)CCC2(C)C. The lowest BCUT2D eigenvalue weighted by Crippen LogP contribution is -2.39. The van der Waals surface area contributed by atoms with Gasteiger partial charge in [0.25, 0.3) is 0 Å². The van der Waals surface area contributed by atoms with E-state index in [9.17, 15) is 0 Å². The lowest BCUT2D eigenvalue weighted by molar-refractivity contribution is 0.328. The molecule has 1 aromatic carbocycles. The Morgan fingerprint density at radius 1 is 0.905 bits per heavy atom. The normalized spacial score (nSPS) is 31.2. The van der Waals surface area contributed by atoms with Crippen molar-refractivity contribution in [2.24, 2.45) is 0 Å². The summed E-state index contributed by atoms with van der Waals surface area (Å²) in [6.45, 7) is 17.1. The van der Waals surface area contributed by atoms with Crippen LogP contribution in [0.1, 0.15) is 76.1 Å². The van der Waals surface area contributed by atoms with Crippen molar-refractivity contribution in [2.75, 3.05) is 18.0 Å². The van der Waals surface area contributed by atoms with Gasteiger partial charge >= 0.3 is 0 Å². The molecule has 0 amide bonds. The molecule has 1 atom stereocenters. The van der Waals surface area contributed by atoms with Crippen molar-refractivity contribution in [3.05, 3.63) is 28.3 Å². The summed E-state index contributed by atoms with van der Waals surface area (Å²) < 4.78 is 0. The first-order valence-electron chi connectivity index (χ1n) is 8.60. The molecular weight excluding hydrogens is 254 g/mol. The molecule has 0 aromatic heterocycles. The number of aryl methyl sites for hydroxylation is 1. The summed E-state index contributed by atoms with van der Waals surface area (Å²) in [5, 5.41) is 0. The molecule has 1 nitrogen and oxygen atoms in total. The van der Waals surface area contributed by atoms with E-state index in [0.29, 0.717) is 16.2 Å². The van der Waals surface area contributed by atoms with E-state index in [1.54, 1.807) is 22.4 Å². The summed E-state index contributed by atoms with van der Waals surface area (Å²) in [5.41, 5.74) is 9.23. The van der Waals surface area contributed by atoms with Crippen LogP contribution in [0.3, 0.4) is 0 Å². The van der Waals surface area contributed by atoms with Crippen LogP contribution < -0.4 is 4.90 Å². The standard InChI is InChI=1S/C20H29N/c1-13-11-14-16-17-15(13)19(4,5)9-10-21(17)12-20(16,6)8-7-18(14,2)3/h11H,7-10,12H2,1-6H3. The lowest BCUT2D eigenvalue weighted by Gasteiger charge is -2.43. The molecule has 2 aliphatic heterocycles. The van der Waals surface area contributed by atoms with Gasteiger partial charge in [0.05, 0.1) is 0 Å². The molecule has 1 heteroatoms. The number of benzene rings is 1. The zero-order valence-electron chi connectivity index (χ0n) is 14.6. The van der Waals surface area contributed by atoms with Gasteiger partial charge in [0.2, 0.25) is 0 Å². The smallest absolute Gasteiger partial charge is 0.0449 e. The van der Waals surface area contributed by atoms with Crippen LogP contribution in [0.4, 0.5) is 5.69 Å². The summed E-state index contributed by atoms with van der Waals surface area (Å²) in [4.78, 5) is 2.72. The first-order valence-corrected chi connectivity index (χ1v) is 8.60. The third-order valence-electron chi connectivity index (χ3n) is 6.67. The Hall–Kier alpha value is -0.980. The van der Waals surface area contributed by atoms with E-state index >= 15 is 0 Å². The second-order valence-electron chi connectivity index (χ2n) is 9.34. The van der Waals surface area contributed by atoms with Crippen LogP contribution in [0.5, 0.6) is 0 Å². The van der Waals surface area contributed by atoms with Crippen molar-refractivity contribution >= 4 is 5.69 Å². The molecule has 0 radical (unpaired) electrons. The number of hydrogen-bond acceptors (Lipinski definition) is 1. The van der Waals surface area contributed by atoms with Crippen molar-refractivity contribution in [1.82, 2.24) is 0 Å². The maximum absolute atomic E-state index is 2.72. The molecule has 0 fully saturated rings. The van der Waals surface area contributed by atoms with Crippen molar-refractivity contribution in [3.8, 4) is 0 Å². The van der Waals surface area contributed by atoms with Gasteiger partial charge in [-0.2, -0.15) is 0 Å². The molecular formula is C20H29N. The van der Waals surface area contributed by atoms with E-state index in [-0.39, 0.29) is 0 Å². The van der Waals surface area contributed by atoms with Gasteiger partial charge in [-0.05, 0) is 59.3 Å². The Balaban J connectivity index is 2.11. The van der Waals surface area contributed by atoms with E-state index in [0.717, 1.165) is 0 Å². The molecule has 114 valence electrons. The average Bonchev–Trinajstić information content (AvgIpc) is 2.67. The van der Waals surface area contributed by atoms with Crippen LogP contribution in [0.15, 0.2) is 6.07 Å². The molecule has 0 bridgehead atoms. The van der Waals surface area contributed by atoms with E-state index in [1.807, 2.05) is 0 Å². The molecule has 0 N–H and O–H groups in total. The Morgan fingerprint density at radius 3 is 2.33 bits per heavy atom. The van der Waals surface area contributed by atoms with E-state index in [1.165, 1.54) is 37.9 Å². The second-order valence-corrected chi connectivity index (χ2v) is 9.34. The van der Waals surface area contributed by atoms with Gasteiger partial charge in [0, 0.05) is 24.2 Å². The van der Waals surface area contributed by atoms with E-state index < -0.39 is 0 Å². The predicted molar refractivity (Wildman–Crippen MR) is 90.6 cm³/mol. The van der Waals surface area contributed by atoms with Crippen LogP contribution >= 0.6 is 0 Å². The fourth-order valence-electron chi connectivity index (χ4n) is 5.35. The molecule has 3 aliphatic rings. The third kappa shape index (κ3) is 1.58. The highest BCUT2D eigenvalue weighted by atomic mass is 15.2. The quantitative estimate of drug-likeness (QED) is 0.659. The highest BCUT2D eigenvalue weighted by Gasteiger charge is 2.51. The van der Waals surface area contributed by atoms with Gasteiger partial charge in [0.1, 0.15) is 0 Å². The Kier molecular flexibility index (Phi) is 2.39. The van der Waals surface area contributed by atoms with Crippen molar-refractivity contribution in [2.45, 2.75) is 77.0 Å². The van der Waals surface area contributed by atoms with Crippen LogP contribution in [0.2, 0.25) is 0 Å². The molecule has 2 heterocycles. The highest BCUT2D eigenvalue weighted by molar-refractivity contribution is 5.75. The minimum absolute atomic E-state index is 0.331. The van der Waals surface area contributed by atoms with Crippen LogP contribution in [-0.2, 0) is 16.2 Å². The molecule has 0 saturated carbocycles. The van der Waals surface area contributed by atoms with Gasteiger partial charge < -0.3 is 4.90 Å². The van der Waals surface area contributed by atoms with Gasteiger partial charge in [-0.3, -0.25) is 0 Å². The van der Waals surface area contributed by atoms with Crippen LogP contribution in [0, 0.1) is 6.92 Å². The van der Waals surface area contributed by atoms with Crippen LogP contribution in [0.25, 0.3) is 0 Å². The zero-order valence-corrected chi connectivity index (χ0v) is 14.6. The maximum Gasteiger partial charge on any atom is 0.0449 e. The molecule has 1 aliphatic carbocycles. The average molecular weight is 283 g/mol. The molecule has 0 spiro atoms. The number of hydrogen-bond donors (Lipinski definition) is 0. The van der Waals surface area contributed by atoms with Crippen molar-refractivity contribution in [1.29, 1.82) is 0 Å². The molecule has 4 rings (SSSR count). The summed E-state index contributed by atoms with van der Waals surface area (Å²) in [7, 11) is 0. The van der Waals surface area contributed by atoms with Gasteiger partial charge in [-0.1, -0.05) is 40.7 Å². The first kappa shape index (κ1) is 13.7. The number of nitrogens with zero attached hydrogens (tertiary/aromatic N) is 1. The molecule has 0 saturated heterocycles. The summed E-state index contributed by atoms with van der Waals surface area (Å²) in [5.74, 6) is 0. The highest BCUT2D eigenvalue weighted by Crippen LogP contribution is 2.58. The predicted octanol–water partition coefficient (Wildman–Crippen LogP) is 4.83. The maximum atomic E-state index is 2.72. The molecule has 1 unspecified atom stereocenters. The second kappa shape index (κ2) is 3.67. The summed E-state index contributed by atoms with van der Waals surface area (Å²) in [6.07, 6.45) is 3.96. The monoisotopic (exact) mass is 283 g/mol. The van der Waals surface area contributed by atoms with Crippen molar-refractivity contribution < 1.29 is 0 Å². The fourth-order valence-corrected chi connectivity index (χ4v) is 5.35. The van der Waals surface area contributed by atoms with Crippen LogP contribution in [-0.4, -0.2) is 13.1 Å². The molecule has 21 heavy (non-hydrogen) atoms. The van der Waals surface area contributed by atoms with Gasteiger partial charge in [-0.15, -0.1) is 0 Å². The minimum atomic E-state index is 0.331. The van der Waals surface area contributed by atoms with Crippen molar-refractivity contribution in [3.63, 3.8) is 0 Å². The molecule has 1 aromatic rings. The first-order chi connectivity index (χ1) is 9.66. The number of rotatable bonds is 0. The summed E-state index contributed by atoms with van der Waals surface area (Å²) in [6, 6.07) is 2.54. The Labute approximate surface area is 129 Å². The lowest BCUT2D eigenvalue weighted by atomic mass is 9.61. The van der Waals surface area contributed by atoms with Gasteiger partial charge in [-0.25, -0.2) is 0 Å². The summed E-state index contributed by atoms with van der Waals surface area (Å²) >= 11 is 0. The van der Waals surface area contributed by atoms with E-state index in [4.69, 9.17) is 0 Å². The fraction of sp³-hybridized carbons (Fsp3) is 0.700.